The van der Waals surface area contributed by atoms with E-state index in [9.17, 15) is 0 Å². The summed E-state index contributed by atoms with van der Waals surface area (Å²) in [5, 5.41) is 4.21. The Morgan fingerprint density at radius 2 is 2.19 bits per heavy atom. The van der Waals surface area contributed by atoms with Crippen LogP contribution in [0.25, 0.3) is 0 Å². The van der Waals surface area contributed by atoms with Crippen molar-refractivity contribution in [2.75, 3.05) is 13.7 Å². The number of aliphatic imine (C=N–C) groups is 1. The third-order valence-corrected chi connectivity index (χ3v) is 3.99. The van der Waals surface area contributed by atoms with Gasteiger partial charge in [-0.2, -0.15) is 5.10 Å². The minimum absolute atomic E-state index is 0.268. The van der Waals surface area contributed by atoms with Crippen molar-refractivity contribution in [1.29, 1.82) is 0 Å². The van der Waals surface area contributed by atoms with Crippen molar-refractivity contribution in [2.45, 2.75) is 51.7 Å². The molecule has 0 spiro atoms. The average molecular weight is 364 g/mol. The normalized spacial score (nSPS) is 21.9. The Balaban J connectivity index is 2.55. The van der Waals surface area contributed by atoms with Gasteiger partial charge in [0.25, 0.3) is 0 Å². The highest BCUT2D eigenvalue weighted by Gasteiger charge is 2.28. The minimum Gasteiger partial charge on any atom is -0.378 e. The van der Waals surface area contributed by atoms with Crippen molar-refractivity contribution in [2.24, 2.45) is 21.9 Å². The van der Waals surface area contributed by atoms with Crippen molar-refractivity contribution in [3.63, 3.8) is 0 Å². The number of hydrogen-bond acceptors (Lipinski definition) is 7. The molecular formula is C19H33N5O2. The van der Waals surface area contributed by atoms with E-state index in [1.165, 1.54) is 6.20 Å². The number of hydrogen-bond donors (Lipinski definition) is 3. The predicted molar refractivity (Wildman–Crippen MR) is 108 cm³/mol. The highest BCUT2D eigenvalue weighted by atomic mass is 16.5. The topological polar surface area (TPSA) is 93.3 Å². The molecule has 7 nitrogen and oxygen atoms in total. The second-order valence-electron chi connectivity index (χ2n) is 6.42. The SMILES string of the molecule is C=N/C=C\N/N=C(\C=C\C/C=C(\NN)C1CCC(OC(C)C)C1)COC. The molecule has 0 heterocycles. The van der Waals surface area contributed by atoms with Crippen LogP contribution in [0.3, 0.4) is 0 Å². The van der Waals surface area contributed by atoms with Gasteiger partial charge in [0.2, 0.25) is 0 Å². The molecule has 146 valence electrons. The van der Waals surface area contributed by atoms with E-state index in [1.807, 2.05) is 12.2 Å². The zero-order chi connectivity index (χ0) is 19.2. The zero-order valence-electron chi connectivity index (χ0n) is 16.1. The summed E-state index contributed by atoms with van der Waals surface area (Å²) in [6, 6.07) is 0. The lowest BCUT2D eigenvalue weighted by atomic mass is 10.0. The van der Waals surface area contributed by atoms with Gasteiger partial charge in [0, 0.05) is 31.1 Å². The zero-order valence-corrected chi connectivity index (χ0v) is 16.1. The second kappa shape index (κ2) is 13.3. The van der Waals surface area contributed by atoms with Crippen molar-refractivity contribution in [1.82, 2.24) is 10.9 Å². The molecule has 2 unspecified atom stereocenters. The Hall–Kier alpha value is -1.96. The molecule has 0 aromatic carbocycles. The largest absolute Gasteiger partial charge is 0.378 e. The van der Waals surface area contributed by atoms with E-state index in [0.29, 0.717) is 18.6 Å². The fraction of sp³-hybridized carbons (Fsp3) is 0.579. The first-order chi connectivity index (χ1) is 12.6. The van der Waals surface area contributed by atoms with Crippen molar-refractivity contribution >= 4 is 12.4 Å². The third-order valence-electron chi connectivity index (χ3n) is 3.99. The van der Waals surface area contributed by atoms with Gasteiger partial charge in [-0.05, 0) is 52.3 Å². The first kappa shape index (κ1) is 22.1. The number of ether oxygens (including phenoxy) is 2. The van der Waals surface area contributed by atoms with E-state index in [4.69, 9.17) is 15.3 Å². The molecule has 0 aromatic rings. The lowest BCUT2D eigenvalue weighted by molar-refractivity contribution is 0.0109. The van der Waals surface area contributed by atoms with Crippen LogP contribution < -0.4 is 16.7 Å². The lowest BCUT2D eigenvalue weighted by Gasteiger charge is -2.17. The van der Waals surface area contributed by atoms with Gasteiger partial charge < -0.3 is 14.9 Å². The molecule has 4 N–H and O–H groups in total. The number of hydrazine groups is 1. The van der Waals surface area contributed by atoms with E-state index in [1.54, 1.807) is 13.3 Å². The molecule has 7 heteroatoms. The Kier molecular flexibility index (Phi) is 11.3. The third kappa shape index (κ3) is 8.94. The highest BCUT2D eigenvalue weighted by Crippen LogP contribution is 2.32. The van der Waals surface area contributed by atoms with E-state index >= 15 is 0 Å². The first-order valence-corrected chi connectivity index (χ1v) is 9.01. The van der Waals surface area contributed by atoms with E-state index in [2.05, 4.69) is 47.6 Å². The van der Waals surface area contributed by atoms with Crippen LogP contribution >= 0.6 is 0 Å². The number of nitrogens with one attached hydrogen (secondary N) is 2. The number of hydrazone groups is 1. The van der Waals surface area contributed by atoms with Crippen LogP contribution in [0, 0.1) is 5.92 Å². The Morgan fingerprint density at radius 1 is 1.38 bits per heavy atom. The molecule has 1 saturated carbocycles. The fourth-order valence-corrected chi connectivity index (χ4v) is 2.95. The monoisotopic (exact) mass is 363 g/mol. The predicted octanol–water partition coefficient (Wildman–Crippen LogP) is 2.64. The molecule has 1 rings (SSSR count). The van der Waals surface area contributed by atoms with Crippen molar-refractivity contribution < 1.29 is 9.47 Å². The summed E-state index contributed by atoms with van der Waals surface area (Å²) in [7, 11) is 1.64. The number of allylic oxidation sites excluding steroid dienone is 3. The van der Waals surface area contributed by atoms with Crippen LogP contribution in [-0.4, -0.2) is 38.4 Å². The lowest BCUT2D eigenvalue weighted by Crippen LogP contribution is -2.26. The van der Waals surface area contributed by atoms with Crippen molar-refractivity contribution in [3.8, 4) is 0 Å². The van der Waals surface area contributed by atoms with E-state index in [0.717, 1.165) is 37.1 Å². The quantitative estimate of drug-likeness (QED) is 0.282. The van der Waals surface area contributed by atoms with E-state index in [-0.39, 0.29) is 6.10 Å². The van der Waals surface area contributed by atoms with E-state index < -0.39 is 0 Å². The van der Waals surface area contributed by atoms with Gasteiger partial charge in [-0.15, -0.1) is 0 Å². The standard InChI is InChI=1S/C19H33N5O2/c1-15(2)26-18-10-9-16(13-18)19(23-20)8-6-5-7-17(14-25-4)24-22-12-11-21-3/h5,7-8,11-12,15-16,18,22-23H,3,6,9-10,13-14,20H2,1-2,4H3/b7-5+,12-11-,19-8-,24-17+. The average Bonchev–Trinajstić information content (AvgIpc) is 3.06. The van der Waals surface area contributed by atoms with Gasteiger partial charge in [-0.1, -0.05) is 12.2 Å². The second-order valence-corrected chi connectivity index (χ2v) is 6.42. The first-order valence-electron chi connectivity index (χ1n) is 9.01. The Morgan fingerprint density at radius 3 is 2.85 bits per heavy atom. The van der Waals surface area contributed by atoms with Crippen LogP contribution in [0.5, 0.6) is 0 Å². The number of nitrogens with zero attached hydrogens (tertiary/aromatic N) is 2. The molecule has 0 radical (unpaired) electrons. The Labute approximate surface area is 157 Å². The molecule has 0 aromatic heterocycles. The van der Waals surface area contributed by atoms with Gasteiger partial charge in [0.05, 0.1) is 24.5 Å². The molecule has 0 amide bonds. The summed E-state index contributed by atoms with van der Waals surface area (Å²) >= 11 is 0. The van der Waals surface area contributed by atoms with Crippen LogP contribution in [0.4, 0.5) is 0 Å². The van der Waals surface area contributed by atoms with Gasteiger partial charge in [-0.3, -0.25) is 16.3 Å². The van der Waals surface area contributed by atoms with Crippen LogP contribution in [0.2, 0.25) is 0 Å². The number of nitrogens with two attached hydrogens (primary N) is 1. The molecule has 1 fully saturated rings. The maximum Gasteiger partial charge on any atom is 0.0901 e. The molecule has 2 atom stereocenters. The number of methoxy groups -OCH3 is 1. The smallest absolute Gasteiger partial charge is 0.0901 e. The molecule has 0 bridgehead atoms. The maximum absolute atomic E-state index is 5.91. The molecule has 26 heavy (non-hydrogen) atoms. The Bertz CT molecular complexity index is 526. The summed E-state index contributed by atoms with van der Waals surface area (Å²) in [4.78, 5) is 3.59. The summed E-state index contributed by atoms with van der Waals surface area (Å²) in [5.41, 5.74) is 7.49. The van der Waals surface area contributed by atoms with Gasteiger partial charge in [0.1, 0.15) is 0 Å². The summed E-state index contributed by atoms with van der Waals surface area (Å²) in [5.74, 6) is 6.16. The van der Waals surface area contributed by atoms with Crippen LogP contribution in [-0.2, 0) is 9.47 Å². The molecular weight excluding hydrogens is 330 g/mol. The van der Waals surface area contributed by atoms with Gasteiger partial charge in [-0.25, -0.2) is 0 Å². The number of rotatable bonds is 12. The molecule has 1 aliphatic carbocycles. The molecule has 1 aliphatic rings. The maximum atomic E-state index is 5.91. The molecule has 0 aliphatic heterocycles. The summed E-state index contributed by atoms with van der Waals surface area (Å²) in [6.45, 7) is 7.93. The molecule has 0 saturated heterocycles. The van der Waals surface area contributed by atoms with Crippen LogP contribution in [0.15, 0.2) is 46.4 Å². The highest BCUT2D eigenvalue weighted by molar-refractivity contribution is 5.95. The minimum atomic E-state index is 0.268. The fourth-order valence-electron chi connectivity index (χ4n) is 2.95. The van der Waals surface area contributed by atoms with Gasteiger partial charge >= 0.3 is 0 Å². The summed E-state index contributed by atoms with van der Waals surface area (Å²) < 4.78 is 11.1. The summed E-state index contributed by atoms with van der Waals surface area (Å²) in [6.07, 6.45) is 13.8. The van der Waals surface area contributed by atoms with Crippen molar-refractivity contribution in [3.05, 3.63) is 36.3 Å². The van der Waals surface area contributed by atoms with Crippen LogP contribution in [0.1, 0.15) is 39.5 Å². The van der Waals surface area contributed by atoms with Gasteiger partial charge in [0.15, 0.2) is 0 Å².